The Hall–Kier alpha value is -1.35. The molecule has 3 heteroatoms. The van der Waals surface area contributed by atoms with Crippen LogP contribution in [0.4, 0.5) is 0 Å². The van der Waals surface area contributed by atoms with Crippen molar-refractivity contribution >= 4 is 5.97 Å². The van der Waals surface area contributed by atoms with Gasteiger partial charge < -0.3 is 0 Å². The van der Waals surface area contributed by atoms with Gasteiger partial charge in [-0.05, 0) is 24.5 Å². The molecular weight excluding hydrogens is 228 g/mol. The number of hydrogen-bond donors (Lipinski definition) is 0. The standard InChI is InChI=1S/C15H21O3/c1-3-5-9-13(4-2)12-17-18-15(16)14-10-7-6-8-11-14/h6-8,10-13H,3-5,9H2,1-2H3. The van der Waals surface area contributed by atoms with Crippen molar-refractivity contribution in [2.24, 2.45) is 5.92 Å². The summed E-state index contributed by atoms with van der Waals surface area (Å²) in [5.74, 6) is -0.120. The summed E-state index contributed by atoms with van der Waals surface area (Å²) in [6.07, 6.45) is 4.37. The molecule has 0 aliphatic carbocycles. The SMILES string of the molecule is CCCCC([CH]OOC(=O)c1ccccc1)CC. The third-order valence-corrected chi connectivity index (χ3v) is 2.83. The minimum Gasteiger partial charge on any atom is -0.292 e. The average Bonchev–Trinajstić information content (AvgIpc) is 2.43. The fourth-order valence-electron chi connectivity index (χ4n) is 1.61. The van der Waals surface area contributed by atoms with Crippen LogP contribution in [-0.2, 0) is 9.78 Å². The van der Waals surface area contributed by atoms with Gasteiger partial charge in [-0.2, -0.15) is 4.89 Å². The van der Waals surface area contributed by atoms with Gasteiger partial charge in [0.25, 0.3) is 0 Å². The van der Waals surface area contributed by atoms with Crippen molar-refractivity contribution in [1.82, 2.24) is 0 Å². The predicted octanol–water partition coefficient (Wildman–Crippen LogP) is 4.15. The van der Waals surface area contributed by atoms with E-state index in [4.69, 9.17) is 9.78 Å². The lowest BCUT2D eigenvalue weighted by Gasteiger charge is -2.12. The predicted molar refractivity (Wildman–Crippen MR) is 70.5 cm³/mol. The second-order valence-electron chi connectivity index (χ2n) is 4.28. The summed E-state index contributed by atoms with van der Waals surface area (Å²) in [5, 5.41) is 0. The Morgan fingerprint density at radius 1 is 1.28 bits per heavy atom. The highest BCUT2D eigenvalue weighted by molar-refractivity contribution is 5.88. The monoisotopic (exact) mass is 249 g/mol. The molecule has 1 rings (SSSR count). The minimum absolute atomic E-state index is 0.341. The molecule has 18 heavy (non-hydrogen) atoms. The Labute approximate surface area is 109 Å². The highest BCUT2D eigenvalue weighted by atomic mass is 17.2. The first-order valence-electron chi connectivity index (χ1n) is 6.54. The Balaban J connectivity index is 2.26. The second kappa shape index (κ2) is 8.70. The largest absolute Gasteiger partial charge is 0.373 e. The Morgan fingerprint density at radius 2 is 2.00 bits per heavy atom. The first kappa shape index (κ1) is 14.7. The van der Waals surface area contributed by atoms with Gasteiger partial charge in [0.1, 0.15) is 6.61 Å². The van der Waals surface area contributed by atoms with Crippen LogP contribution in [0.5, 0.6) is 0 Å². The highest BCUT2D eigenvalue weighted by Crippen LogP contribution is 2.16. The van der Waals surface area contributed by atoms with Crippen LogP contribution in [-0.4, -0.2) is 5.97 Å². The number of unbranched alkanes of at least 4 members (excludes halogenated alkanes) is 1. The van der Waals surface area contributed by atoms with Crippen LogP contribution in [0, 0.1) is 12.5 Å². The third-order valence-electron chi connectivity index (χ3n) is 2.83. The van der Waals surface area contributed by atoms with Crippen molar-refractivity contribution in [3.05, 3.63) is 42.5 Å². The van der Waals surface area contributed by atoms with Gasteiger partial charge in [-0.1, -0.05) is 51.3 Å². The molecule has 1 aromatic carbocycles. The quantitative estimate of drug-likeness (QED) is 0.512. The van der Waals surface area contributed by atoms with E-state index < -0.39 is 5.97 Å². The van der Waals surface area contributed by atoms with Crippen molar-refractivity contribution in [3.8, 4) is 0 Å². The number of carbonyl (C=O) groups is 1. The molecule has 0 heterocycles. The molecule has 1 unspecified atom stereocenters. The molecule has 0 aromatic heterocycles. The van der Waals surface area contributed by atoms with Crippen molar-refractivity contribution in [2.45, 2.75) is 39.5 Å². The highest BCUT2D eigenvalue weighted by Gasteiger charge is 2.11. The van der Waals surface area contributed by atoms with Gasteiger partial charge in [0, 0.05) is 0 Å². The molecule has 1 aromatic rings. The molecule has 99 valence electrons. The van der Waals surface area contributed by atoms with Gasteiger partial charge >= 0.3 is 5.97 Å². The minimum atomic E-state index is -0.461. The molecule has 0 fully saturated rings. The zero-order valence-electron chi connectivity index (χ0n) is 11.1. The van der Waals surface area contributed by atoms with Crippen molar-refractivity contribution in [1.29, 1.82) is 0 Å². The van der Waals surface area contributed by atoms with Gasteiger partial charge in [0.15, 0.2) is 0 Å². The molecule has 1 atom stereocenters. The fraction of sp³-hybridized carbons (Fsp3) is 0.467. The summed E-state index contributed by atoms with van der Waals surface area (Å²) < 4.78 is 0. The zero-order valence-corrected chi connectivity index (χ0v) is 11.1. The van der Waals surface area contributed by atoms with E-state index in [1.54, 1.807) is 30.9 Å². The lowest BCUT2D eigenvalue weighted by atomic mass is 10.0. The third kappa shape index (κ3) is 5.32. The van der Waals surface area contributed by atoms with Crippen molar-refractivity contribution in [3.63, 3.8) is 0 Å². The van der Waals surface area contributed by atoms with Gasteiger partial charge in [0.2, 0.25) is 0 Å². The van der Waals surface area contributed by atoms with E-state index in [2.05, 4.69) is 13.8 Å². The number of benzene rings is 1. The summed E-state index contributed by atoms with van der Waals surface area (Å²) in [5.41, 5.74) is 0.493. The van der Waals surface area contributed by atoms with Crippen LogP contribution >= 0.6 is 0 Å². The van der Waals surface area contributed by atoms with E-state index in [0.29, 0.717) is 11.5 Å². The number of hydrogen-bond acceptors (Lipinski definition) is 3. The molecule has 0 amide bonds. The summed E-state index contributed by atoms with van der Waals surface area (Å²) in [7, 11) is 0. The molecule has 1 radical (unpaired) electrons. The van der Waals surface area contributed by atoms with Crippen LogP contribution in [0.15, 0.2) is 30.3 Å². The zero-order chi connectivity index (χ0) is 13.2. The molecule has 0 N–H and O–H groups in total. The van der Waals surface area contributed by atoms with E-state index in [0.717, 1.165) is 25.7 Å². The lowest BCUT2D eigenvalue weighted by Crippen LogP contribution is -2.09. The number of rotatable bonds is 8. The maximum atomic E-state index is 11.6. The molecule has 0 aliphatic heterocycles. The van der Waals surface area contributed by atoms with Crippen LogP contribution in [0.25, 0.3) is 0 Å². The van der Waals surface area contributed by atoms with Gasteiger partial charge in [-0.25, -0.2) is 4.79 Å². The summed E-state index contributed by atoms with van der Waals surface area (Å²) in [4.78, 5) is 21.2. The van der Waals surface area contributed by atoms with E-state index in [-0.39, 0.29) is 0 Å². The molecule has 3 nitrogen and oxygen atoms in total. The van der Waals surface area contributed by atoms with Gasteiger partial charge in [0.05, 0.1) is 5.56 Å². The fourth-order valence-corrected chi connectivity index (χ4v) is 1.61. The summed E-state index contributed by atoms with van der Waals surface area (Å²) in [6.45, 7) is 5.87. The van der Waals surface area contributed by atoms with Gasteiger partial charge in [-0.15, -0.1) is 0 Å². The summed E-state index contributed by atoms with van der Waals surface area (Å²) in [6, 6.07) is 8.81. The Kier molecular flexibility index (Phi) is 7.11. The molecule has 0 saturated carbocycles. The Morgan fingerprint density at radius 3 is 2.61 bits per heavy atom. The van der Waals surface area contributed by atoms with Crippen molar-refractivity contribution < 1.29 is 14.6 Å². The van der Waals surface area contributed by atoms with E-state index >= 15 is 0 Å². The maximum absolute atomic E-state index is 11.6. The summed E-state index contributed by atoms with van der Waals surface area (Å²) >= 11 is 0. The van der Waals surface area contributed by atoms with Crippen molar-refractivity contribution in [2.75, 3.05) is 0 Å². The number of carbonyl (C=O) groups excluding carboxylic acids is 1. The Bertz CT molecular complexity index is 335. The lowest BCUT2D eigenvalue weighted by molar-refractivity contribution is -0.219. The first-order valence-corrected chi connectivity index (χ1v) is 6.54. The van der Waals surface area contributed by atoms with Crippen LogP contribution in [0.3, 0.4) is 0 Å². The van der Waals surface area contributed by atoms with E-state index in [9.17, 15) is 4.79 Å². The van der Waals surface area contributed by atoms with E-state index in [1.807, 2.05) is 6.07 Å². The molecule has 0 spiro atoms. The van der Waals surface area contributed by atoms with Gasteiger partial charge in [-0.3, -0.25) is 4.89 Å². The molecule has 0 bridgehead atoms. The van der Waals surface area contributed by atoms with Crippen LogP contribution in [0.2, 0.25) is 0 Å². The van der Waals surface area contributed by atoms with Crippen LogP contribution in [0.1, 0.15) is 49.9 Å². The molecule has 0 aliphatic rings. The maximum Gasteiger partial charge on any atom is 0.373 e. The first-order chi connectivity index (χ1) is 8.77. The molecular formula is C15H21O3. The second-order valence-corrected chi connectivity index (χ2v) is 4.28. The van der Waals surface area contributed by atoms with Crippen LogP contribution < -0.4 is 0 Å². The van der Waals surface area contributed by atoms with E-state index in [1.165, 1.54) is 0 Å². The average molecular weight is 249 g/mol. The smallest absolute Gasteiger partial charge is 0.292 e. The normalized spacial score (nSPS) is 12.1. The molecule has 0 saturated heterocycles. The topological polar surface area (TPSA) is 35.5 Å².